The molecule has 0 heterocycles. The first kappa shape index (κ1) is 11.2. The van der Waals surface area contributed by atoms with E-state index in [1.165, 1.54) is 12.1 Å². The Labute approximate surface area is 84.0 Å². The highest BCUT2D eigenvalue weighted by molar-refractivity contribution is 5.23. The average molecular weight is 198 g/mol. The van der Waals surface area contributed by atoms with Gasteiger partial charge in [-0.15, -0.1) is 0 Å². The van der Waals surface area contributed by atoms with Crippen molar-refractivity contribution in [1.29, 1.82) is 0 Å². The predicted octanol–water partition coefficient (Wildman–Crippen LogP) is 4.11. The van der Waals surface area contributed by atoms with Crippen LogP contribution in [0.2, 0.25) is 0 Å². The van der Waals surface area contributed by atoms with Crippen LogP contribution in [0, 0.1) is 17.0 Å². The van der Waals surface area contributed by atoms with Gasteiger partial charge in [-0.3, -0.25) is 0 Å². The quantitative estimate of drug-likeness (QED) is 0.637. The van der Waals surface area contributed by atoms with Crippen LogP contribution in [0.15, 0.2) is 18.2 Å². The van der Waals surface area contributed by atoms with Gasteiger partial charge in [-0.25, -0.2) is 8.78 Å². The fourth-order valence-electron chi connectivity index (χ4n) is 1.32. The summed E-state index contributed by atoms with van der Waals surface area (Å²) >= 11 is 0. The molecule has 0 saturated heterocycles. The van der Waals surface area contributed by atoms with E-state index in [4.69, 9.17) is 0 Å². The van der Waals surface area contributed by atoms with Crippen molar-refractivity contribution in [3.63, 3.8) is 0 Å². The monoisotopic (exact) mass is 198 g/mol. The lowest BCUT2D eigenvalue weighted by Gasteiger charge is -2.27. The Hall–Kier alpha value is -0.920. The third kappa shape index (κ3) is 2.31. The van der Waals surface area contributed by atoms with Gasteiger partial charge in [0.1, 0.15) is 11.6 Å². The molecule has 0 aliphatic heterocycles. The molecule has 0 bridgehead atoms. The maximum atomic E-state index is 13.4. The summed E-state index contributed by atoms with van der Waals surface area (Å²) in [5.74, 6) is -0.900. The molecule has 1 unspecified atom stereocenters. The fourth-order valence-corrected chi connectivity index (χ4v) is 1.32. The summed E-state index contributed by atoms with van der Waals surface area (Å²) in [4.78, 5) is 0. The topological polar surface area (TPSA) is 0 Å². The van der Waals surface area contributed by atoms with Crippen molar-refractivity contribution in [2.24, 2.45) is 5.41 Å². The van der Waals surface area contributed by atoms with Gasteiger partial charge in [0.2, 0.25) is 0 Å². The average Bonchev–Trinajstić information content (AvgIpc) is 2.01. The van der Waals surface area contributed by atoms with Crippen LogP contribution in [0.1, 0.15) is 39.2 Å². The summed E-state index contributed by atoms with van der Waals surface area (Å²) in [6.45, 7) is 8.08. The first-order chi connectivity index (χ1) is 6.32. The van der Waals surface area contributed by atoms with Gasteiger partial charge in [0.05, 0.1) is 0 Å². The highest BCUT2D eigenvalue weighted by Crippen LogP contribution is 2.35. The molecular weight excluding hydrogens is 182 g/mol. The molecule has 1 aromatic rings. The third-order valence-corrected chi connectivity index (χ3v) is 2.73. The highest BCUT2D eigenvalue weighted by atomic mass is 19.1. The van der Waals surface area contributed by atoms with Crippen molar-refractivity contribution < 1.29 is 8.78 Å². The lowest BCUT2D eigenvalue weighted by Crippen LogP contribution is -2.16. The van der Waals surface area contributed by atoms with Gasteiger partial charge in [0.15, 0.2) is 0 Å². The van der Waals surface area contributed by atoms with Gasteiger partial charge in [0, 0.05) is 6.07 Å². The Balaban J connectivity index is 3.08. The Kier molecular flexibility index (Phi) is 2.93. The lowest BCUT2D eigenvalue weighted by atomic mass is 9.78. The highest BCUT2D eigenvalue weighted by Gasteiger charge is 2.24. The predicted molar refractivity (Wildman–Crippen MR) is 54.2 cm³/mol. The number of rotatable bonds is 1. The molecule has 0 amide bonds. The smallest absolute Gasteiger partial charge is 0.129 e. The van der Waals surface area contributed by atoms with Gasteiger partial charge >= 0.3 is 0 Å². The molecule has 0 radical (unpaired) electrons. The lowest BCUT2D eigenvalue weighted by molar-refractivity contribution is 0.331. The van der Waals surface area contributed by atoms with Gasteiger partial charge in [0.25, 0.3) is 0 Å². The SMILES string of the molecule is CC(c1ccc(F)cc1F)C(C)(C)C. The van der Waals surface area contributed by atoms with E-state index in [0.29, 0.717) is 5.56 Å². The van der Waals surface area contributed by atoms with Crippen molar-refractivity contribution in [3.8, 4) is 0 Å². The second-order valence-corrected chi connectivity index (χ2v) is 4.75. The Morgan fingerprint density at radius 1 is 1.14 bits per heavy atom. The molecule has 14 heavy (non-hydrogen) atoms. The van der Waals surface area contributed by atoms with Crippen molar-refractivity contribution in [2.75, 3.05) is 0 Å². The van der Waals surface area contributed by atoms with Crippen LogP contribution in [0.4, 0.5) is 8.78 Å². The Morgan fingerprint density at radius 3 is 2.14 bits per heavy atom. The number of hydrogen-bond acceptors (Lipinski definition) is 0. The molecule has 0 fully saturated rings. The minimum absolute atomic E-state index is 0.0152. The molecule has 0 saturated carbocycles. The van der Waals surface area contributed by atoms with Crippen molar-refractivity contribution in [3.05, 3.63) is 35.4 Å². The standard InChI is InChI=1S/C12H16F2/c1-8(12(2,3)4)10-6-5-9(13)7-11(10)14/h5-8H,1-4H3. The molecule has 2 heteroatoms. The van der Waals surface area contributed by atoms with E-state index in [0.717, 1.165) is 6.07 Å². The second-order valence-electron chi connectivity index (χ2n) is 4.75. The first-order valence-electron chi connectivity index (χ1n) is 4.77. The maximum Gasteiger partial charge on any atom is 0.129 e. The van der Waals surface area contributed by atoms with Gasteiger partial charge in [-0.2, -0.15) is 0 Å². The zero-order chi connectivity index (χ0) is 10.9. The number of benzene rings is 1. The summed E-state index contributed by atoms with van der Waals surface area (Å²) < 4.78 is 26.1. The van der Waals surface area contributed by atoms with Gasteiger partial charge in [-0.1, -0.05) is 33.8 Å². The van der Waals surface area contributed by atoms with E-state index in [-0.39, 0.29) is 11.3 Å². The van der Waals surface area contributed by atoms with Gasteiger partial charge < -0.3 is 0 Å². The zero-order valence-electron chi connectivity index (χ0n) is 9.07. The Bertz CT molecular complexity index is 324. The molecular formula is C12H16F2. The third-order valence-electron chi connectivity index (χ3n) is 2.73. The van der Waals surface area contributed by atoms with Crippen LogP contribution in [-0.4, -0.2) is 0 Å². The molecule has 0 aromatic heterocycles. The van der Waals surface area contributed by atoms with E-state index in [1.54, 1.807) is 0 Å². The largest absolute Gasteiger partial charge is 0.207 e. The first-order valence-corrected chi connectivity index (χ1v) is 4.77. The van der Waals surface area contributed by atoms with E-state index in [1.807, 2.05) is 27.7 Å². The summed E-state index contributed by atoms with van der Waals surface area (Å²) in [5.41, 5.74) is 0.567. The van der Waals surface area contributed by atoms with E-state index < -0.39 is 11.6 Å². The maximum absolute atomic E-state index is 13.4. The molecule has 0 spiro atoms. The van der Waals surface area contributed by atoms with E-state index >= 15 is 0 Å². The normalized spacial score (nSPS) is 14.1. The van der Waals surface area contributed by atoms with Crippen molar-refractivity contribution in [1.82, 2.24) is 0 Å². The summed E-state index contributed by atoms with van der Waals surface area (Å²) in [7, 11) is 0. The minimum Gasteiger partial charge on any atom is -0.207 e. The molecule has 1 atom stereocenters. The van der Waals surface area contributed by atoms with Crippen LogP contribution < -0.4 is 0 Å². The molecule has 0 aliphatic carbocycles. The second kappa shape index (κ2) is 3.68. The number of halogens is 2. The molecule has 0 nitrogen and oxygen atoms in total. The van der Waals surface area contributed by atoms with Crippen LogP contribution in [0.25, 0.3) is 0 Å². The molecule has 1 rings (SSSR count). The van der Waals surface area contributed by atoms with Gasteiger partial charge in [-0.05, 0) is 23.0 Å². The Morgan fingerprint density at radius 2 is 1.71 bits per heavy atom. The summed E-state index contributed by atoms with van der Waals surface area (Å²) in [6, 6.07) is 3.78. The fraction of sp³-hybridized carbons (Fsp3) is 0.500. The van der Waals surface area contributed by atoms with E-state index in [9.17, 15) is 8.78 Å². The number of hydrogen-bond donors (Lipinski definition) is 0. The molecule has 0 aliphatic rings. The molecule has 0 N–H and O–H groups in total. The molecule has 1 aromatic carbocycles. The van der Waals surface area contributed by atoms with Crippen LogP contribution in [0.3, 0.4) is 0 Å². The van der Waals surface area contributed by atoms with Crippen LogP contribution in [0.5, 0.6) is 0 Å². The van der Waals surface area contributed by atoms with Crippen LogP contribution >= 0.6 is 0 Å². The summed E-state index contributed by atoms with van der Waals surface area (Å²) in [5, 5.41) is 0. The molecule has 78 valence electrons. The minimum atomic E-state index is -0.521. The zero-order valence-corrected chi connectivity index (χ0v) is 9.07. The van der Waals surface area contributed by atoms with Crippen LogP contribution in [-0.2, 0) is 0 Å². The van der Waals surface area contributed by atoms with Crippen molar-refractivity contribution in [2.45, 2.75) is 33.6 Å². The van der Waals surface area contributed by atoms with E-state index in [2.05, 4.69) is 0 Å². The summed E-state index contributed by atoms with van der Waals surface area (Å²) in [6.07, 6.45) is 0. The van der Waals surface area contributed by atoms with Crippen molar-refractivity contribution >= 4 is 0 Å².